The summed E-state index contributed by atoms with van der Waals surface area (Å²) in [5, 5.41) is 13.6. The number of alkyl halides is 5. The van der Waals surface area contributed by atoms with Gasteiger partial charge >= 0.3 is 6.18 Å². The first-order chi connectivity index (χ1) is 16.9. The van der Waals surface area contributed by atoms with E-state index in [2.05, 4.69) is 25.8 Å². The highest BCUT2D eigenvalue weighted by Crippen LogP contribution is 2.36. The Morgan fingerprint density at radius 1 is 1.33 bits per heavy atom. The highest BCUT2D eigenvalue weighted by molar-refractivity contribution is 6.14. The normalized spacial score (nSPS) is 19.7. The summed E-state index contributed by atoms with van der Waals surface area (Å²) in [4.78, 5) is 22.3. The van der Waals surface area contributed by atoms with Crippen LogP contribution in [0.4, 0.5) is 33.5 Å². The van der Waals surface area contributed by atoms with Crippen LogP contribution in [0.5, 0.6) is 5.88 Å². The molecule has 9 nitrogen and oxygen atoms in total. The fourth-order valence-corrected chi connectivity index (χ4v) is 3.84. The van der Waals surface area contributed by atoms with E-state index in [0.717, 1.165) is 29.5 Å². The molecule has 2 aromatic heterocycles. The summed E-state index contributed by atoms with van der Waals surface area (Å²) in [5.41, 5.74) is 1.51. The van der Waals surface area contributed by atoms with Gasteiger partial charge in [0.25, 0.3) is 11.8 Å². The zero-order chi connectivity index (χ0) is 26.5. The summed E-state index contributed by atoms with van der Waals surface area (Å²) in [6.45, 7) is 0.636. The lowest BCUT2D eigenvalue weighted by atomic mass is 9.88. The number of hydrogen-bond donors (Lipinski definition) is 3. The van der Waals surface area contributed by atoms with Crippen molar-refractivity contribution in [3.05, 3.63) is 41.7 Å². The molecule has 0 radical (unpaired) electrons. The molecule has 2 aromatic rings. The molecular weight excluding hydrogens is 489 g/mol. The molecule has 1 unspecified atom stereocenters. The van der Waals surface area contributed by atoms with Gasteiger partial charge < -0.3 is 20.4 Å². The molecule has 194 valence electrons. The van der Waals surface area contributed by atoms with E-state index in [-0.39, 0.29) is 29.6 Å². The van der Waals surface area contributed by atoms with E-state index < -0.39 is 48.5 Å². The quantitative estimate of drug-likeness (QED) is 0.278. The molecule has 1 aliphatic rings. The molecule has 1 amide bonds. The second-order valence-corrected chi connectivity index (χ2v) is 8.15. The van der Waals surface area contributed by atoms with E-state index in [0.29, 0.717) is 6.20 Å². The van der Waals surface area contributed by atoms with E-state index in [1.54, 1.807) is 6.92 Å². The minimum Gasteiger partial charge on any atom is -0.481 e. The summed E-state index contributed by atoms with van der Waals surface area (Å²) < 4.78 is 72.5. The Bertz CT molecular complexity index is 1110. The molecule has 0 aliphatic carbocycles. The van der Waals surface area contributed by atoms with Crippen molar-refractivity contribution in [2.75, 3.05) is 30.9 Å². The molecular formula is C22H24F5N7O2. The number of carbonyl (C=O) groups excluding carboxylic acids is 1. The molecule has 1 aliphatic heterocycles. The minimum atomic E-state index is -4.55. The Hall–Kier alpha value is -3.84. The van der Waals surface area contributed by atoms with Crippen molar-refractivity contribution >= 4 is 29.8 Å². The fourth-order valence-electron chi connectivity index (χ4n) is 3.84. The Morgan fingerprint density at radius 2 is 2.08 bits per heavy atom. The number of likely N-dealkylation sites (tertiary alicyclic amines) is 1. The van der Waals surface area contributed by atoms with Gasteiger partial charge in [0.1, 0.15) is 5.82 Å². The van der Waals surface area contributed by atoms with Crippen molar-refractivity contribution in [3.63, 3.8) is 0 Å². The van der Waals surface area contributed by atoms with Crippen molar-refractivity contribution < 1.29 is 31.5 Å². The van der Waals surface area contributed by atoms with Gasteiger partial charge in [0.2, 0.25) is 5.88 Å². The number of amides is 1. The van der Waals surface area contributed by atoms with Crippen LogP contribution in [0, 0.1) is 11.3 Å². The molecule has 1 saturated heterocycles. The van der Waals surface area contributed by atoms with E-state index in [1.165, 1.54) is 19.2 Å². The molecule has 0 spiro atoms. The molecule has 14 heteroatoms. The van der Waals surface area contributed by atoms with Gasteiger partial charge in [0.15, 0.2) is 5.69 Å². The predicted octanol–water partition coefficient (Wildman–Crippen LogP) is 4.15. The van der Waals surface area contributed by atoms with Crippen molar-refractivity contribution in [2.24, 2.45) is 11.0 Å². The zero-order valence-corrected chi connectivity index (χ0v) is 19.3. The fraction of sp³-hybridized carbons (Fsp3) is 0.409. The maximum absolute atomic E-state index is 14.5. The van der Waals surface area contributed by atoms with Crippen molar-refractivity contribution in [2.45, 2.75) is 31.5 Å². The van der Waals surface area contributed by atoms with Gasteiger partial charge in [-0.25, -0.2) is 18.7 Å². The zero-order valence-electron chi connectivity index (χ0n) is 19.3. The average Bonchev–Trinajstić information content (AvgIpc) is 2.82. The van der Waals surface area contributed by atoms with Crippen molar-refractivity contribution in [1.29, 1.82) is 5.41 Å². The van der Waals surface area contributed by atoms with Gasteiger partial charge in [-0.1, -0.05) is 6.92 Å². The van der Waals surface area contributed by atoms with Crippen LogP contribution >= 0.6 is 0 Å². The third-order valence-electron chi connectivity index (χ3n) is 5.54. The summed E-state index contributed by atoms with van der Waals surface area (Å²) in [6, 6.07) is 4.10. The van der Waals surface area contributed by atoms with Gasteiger partial charge in [-0.15, -0.1) is 0 Å². The number of piperidine rings is 1. The topological polar surface area (TPSA) is 116 Å². The lowest BCUT2D eigenvalue weighted by molar-refractivity contribution is -0.137. The summed E-state index contributed by atoms with van der Waals surface area (Å²) in [5.74, 6) is -4.48. The van der Waals surface area contributed by atoms with E-state index >= 15 is 0 Å². The first kappa shape index (κ1) is 26.8. The lowest BCUT2D eigenvalue weighted by Crippen LogP contribution is -2.57. The van der Waals surface area contributed by atoms with Gasteiger partial charge in [-0.3, -0.25) is 10.2 Å². The summed E-state index contributed by atoms with van der Waals surface area (Å²) in [7, 11) is 1.33. The summed E-state index contributed by atoms with van der Waals surface area (Å²) >= 11 is 0. The van der Waals surface area contributed by atoms with E-state index in [9.17, 15) is 26.7 Å². The molecule has 2 atom stereocenters. The number of hydrogen-bond acceptors (Lipinski definition) is 8. The SMILES string of the molecule is COc1ccc(N/N=C\C=N)c(C(=O)N2CC(F)(F)C[C@@H](C)C2CNc2ccc(C(F)(F)F)cn2)n1. The van der Waals surface area contributed by atoms with Crippen LogP contribution in [0.2, 0.25) is 0 Å². The van der Waals surface area contributed by atoms with Crippen LogP contribution in [0.3, 0.4) is 0 Å². The van der Waals surface area contributed by atoms with Crippen LogP contribution in [-0.4, -0.2) is 65.4 Å². The van der Waals surface area contributed by atoms with Crippen LogP contribution in [0.25, 0.3) is 0 Å². The predicted molar refractivity (Wildman–Crippen MR) is 123 cm³/mol. The summed E-state index contributed by atoms with van der Waals surface area (Å²) in [6.07, 6.45) is -2.36. The number of aromatic nitrogens is 2. The van der Waals surface area contributed by atoms with Gasteiger partial charge in [-0.05, 0) is 24.1 Å². The maximum Gasteiger partial charge on any atom is 0.417 e. The molecule has 3 rings (SSSR count). The molecule has 0 saturated carbocycles. The Labute approximate surface area is 203 Å². The average molecular weight is 513 g/mol. The molecule has 3 N–H and O–H groups in total. The number of nitrogens with one attached hydrogen (secondary N) is 3. The maximum atomic E-state index is 14.5. The third kappa shape index (κ3) is 6.43. The number of halogens is 5. The number of carbonyl (C=O) groups is 1. The number of pyridine rings is 2. The van der Waals surface area contributed by atoms with Crippen molar-refractivity contribution in [1.82, 2.24) is 14.9 Å². The van der Waals surface area contributed by atoms with Crippen LogP contribution in [0.1, 0.15) is 29.4 Å². The Kier molecular flexibility index (Phi) is 8.05. The van der Waals surface area contributed by atoms with Gasteiger partial charge in [0.05, 0.1) is 37.2 Å². The highest BCUT2D eigenvalue weighted by atomic mass is 19.4. The number of anilines is 2. The molecule has 0 bridgehead atoms. The van der Waals surface area contributed by atoms with Gasteiger partial charge in [0, 0.05) is 31.4 Å². The number of hydrazone groups is 1. The molecule has 36 heavy (non-hydrogen) atoms. The number of rotatable bonds is 8. The second kappa shape index (κ2) is 10.8. The van der Waals surface area contributed by atoms with Crippen LogP contribution < -0.4 is 15.5 Å². The third-order valence-corrected chi connectivity index (χ3v) is 5.54. The number of ether oxygens (including phenoxy) is 1. The van der Waals surface area contributed by atoms with E-state index in [1.807, 2.05) is 0 Å². The van der Waals surface area contributed by atoms with Crippen molar-refractivity contribution in [3.8, 4) is 5.88 Å². The first-order valence-corrected chi connectivity index (χ1v) is 10.7. The largest absolute Gasteiger partial charge is 0.481 e. The van der Waals surface area contributed by atoms with Gasteiger partial charge in [-0.2, -0.15) is 18.3 Å². The standard InChI is InChI=1S/C22H24F5N7O2/c1-13-9-21(23,24)12-34(16(13)11-30-17-5-3-14(10-29-17)22(25,26)27)20(35)19-15(33-31-8-7-28)4-6-18(32-19)36-2/h3-8,10,13,16,28,33H,9,11-12H2,1-2H3,(H,29,30)/b28-7?,31-8-/t13-,16?/m1/s1. The number of nitrogens with zero attached hydrogens (tertiary/aromatic N) is 4. The van der Waals surface area contributed by atoms with Crippen LogP contribution in [0.15, 0.2) is 35.6 Å². The first-order valence-electron chi connectivity index (χ1n) is 10.7. The minimum absolute atomic E-state index is 0.0416. The molecule has 3 heterocycles. The van der Waals surface area contributed by atoms with E-state index in [4.69, 9.17) is 10.1 Å². The highest BCUT2D eigenvalue weighted by Gasteiger charge is 2.46. The Balaban J connectivity index is 1.88. The second-order valence-electron chi connectivity index (χ2n) is 8.15. The number of methoxy groups -OCH3 is 1. The smallest absolute Gasteiger partial charge is 0.417 e. The molecule has 0 aromatic carbocycles. The monoisotopic (exact) mass is 513 g/mol. The van der Waals surface area contributed by atoms with Crippen LogP contribution in [-0.2, 0) is 6.18 Å². The molecule has 1 fully saturated rings. The Morgan fingerprint density at radius 3 is 2.69 bits per heavy atom. The lowest BCUT2D eigenvalue weighted by Gasteiger charge is -2.43.